The number of nitrogens with zero attached hydrogens (tertiary/aromatic N) is 1. The molecular weight excluding hydrogens is 240 g/mol. The Balaban J connectivity index is 2.11. The van der Waals surface area contributed by atoms with Crippen molar-refractivity contribution in [3.8, 4) is 0 Å². The number of piperidine rings is 1. The minimum absolute atomic E-state index is 0.429. The Morgan fingerprint density at radius 1 is 1.29 bits per heavy atom. The van der Waals surface area contributed by atoms with Gasteiger partial charge in [-0.05, 0) is 19.3 Å². The second-order valence-electron chi connectivity index (χ2n) is 4.50. The fourth-order valence-electron chi connectivity index (χ4n) is 1.97. The SMILES string of the molecule is CCCOCCNC1CCN(S(C)(=O)=O)CC1. The molecule has 1 aliphatic rings. The third-order valence-electron chi connectivity index (χ3n) is 2.95. The van der Waals surface area contributed by atoms with Gasteiger partial charge < -0.3 is 10.1 Å². The quantitative estimate of drug-likeness (QED) is 0.677. The van der Waals surface area contributed by atoms with Gasteiger partial charge >= 0.3 is 0 Å². The third-order valence-corrected chi connectivity index (χ3v) is 4.25. The summed E-state index contributed by atoms with van der Waals surface area (Å²) in [6, 6.07) is 0.429. The molecule has 0 aliphatic carbocycles. The molecule has 0 atom stereocenters. The van der Waals surface area contributed by atoms with Crippen molar-refractivity contribution in [2.75, 3.05) is 39.1 Å². The molecule has 1 fully saturated rings. The number of ether oxygens (including phenoxy) is 1. The van der Waals surface area contributed by atoms with Crippen molar-refractivity contribution in [2.45, 2.75) is 32.2 Å². The van der Waals surface area contributed by atoms with Gasteiger partial charge in [0.05, 0.1) is 12.9 Å². The molecule has 1 N–H and O–H groups in total. The first-order valence-corrected chi connectivity index (χ1v) is 8.15. The van der Waals surface area contributed by atoms with Crippen molar-refractivity contribution in [2.24, 2.45) is 0 Å². The van der Waals surface area contributed by atoms with Gasteiger partial charge in [-0.2, -0.15) is 0 Å². The highest BCUT2D eigenvalue weighted by Crippen LogP contribution is 2.12. The number of nitrogens with one attached hydrogen (secondary N) is 1. The number of hydrogen-bond acceptors (Lipinski definition) is 4. The summed E-state index contributed by atoms with van der Waals surface area (Å²) in [7, 11) is -3.00. The molecule has 0 radical (unpaired) electrons. The maximum absolute atomic E-state index is 11.3. The summed E-state index contributed by atoms with van der Waals surface area (Å²) in [6.07, 6.45) is 4.10. The molecule has 0 aromatic heterocycles. The van der Waals surface area contributed by atoms with Gasteiger partial charge in [0.25, 0.3) is 0 Å². The van der Waals surface area contributed by atoms with E-state index in [9.17, 15) is 8.42 Å². The second kappa shape index (κ2) is 7.31. The first kappa shape index (κ1) is 14.9. The maximum Gasteiger partial charge on any atom is 0.211 e. The van der Waals surface area contributed by atoms with Crippen molar-refractivity contribution in [1.29, 1.82) is 0 Å². The van der Waals surface area contributed by atoms with Crippen LogP contribution < -0.4 is 5.32 Å². The summed E-state index contributed by atoms with van der Waals surface area (Å²) in [5.74, 6) is 0. The van der Waals surface area contributed by atoms with E-state index < -0.39 is 10.0 Å². The Bertz CT molecular complexity index is 298. The Labute approximate surface area is 105 Å². The first-order chi connectivity index (χ1) is 8.04. The second-order valence-corrected chi connectivity index (χ2v) is 6.49. The van der Waals surface area contributed by atoms with Crippen LogP contribution in [0.25, 0.3) is 0 Å². The lowest BCUT2D eigenvalue weighted by molar-refractivity contribution is 0.132. The van der Waals surface area contributed by atoms with Gasteiger partial charge in [0, 0.05) is 32.3 Å². The van der Waals surface area contributed by atoms with Crippen LogP contribution in [-0.2, 0) is 14.8 Å². The van der Waals surface area contributed by atoms with Crippen molar-refractivity contribution in [3.63, 3.8) is 0 Å². The largest absolute Gasteiger partial charge is 0.380 e. The minimum atomic E-state index is -3.00. The Kier molecular flexibility index (Phi) is 6.40. The molecule has 0 spiro atoms. The van der Waals surface area contributed by atoms with Crippen LogP contribution >= 0.6 is 0 Å². The van der Waals surface area contributed by atoms with Crippen LogP contribution in [0.5, 0.6) is 0 Å². The van der Waals surface area contributed by atoms with Crippen LogP contribution in [0.3, 0.4) is 0 Å². The molecule has 1 saturated heterocycles. The zero-order valence-corrected chi connectivity index (χ0v) is 11.6. The number of hydrogen-bond donors (Lipinski definition) is 1. The summed E-state index contributed by atoms with van der Waals surface area (Å²) in [5.41, 5.74) is 0. The van der Waals surface area contributed by atoms with Crippen LogP contribution in [0.4, 0.5) is 0 Å². The fourth-order valence-corrected chi connectivity index (χ4v) is 2.85. The molecule has 102 valence electrons. The van der Waals surface area contributed by atoms with Crippen LogP contribution in [0, 0.1) is 0 Å². The Hall–Kier alpha value is -0.170. The van der Waals surface area contributed by atoms with Gasteiger partial charge in [-0.3, -0.25) is 0 Å². The molecule has 0 bridgehead atoms. The van der Waals surface area contributed by atoms with Crippen molar-refractivity contribution < 1.29 is 13.2 Å². The zero-order valence-electron chi connectivity index (χ0n) is 10.8. The van der Waals surface area contributed by atoms with Gasteiger partial charge in [-0.25, -0.2) is 12.7 Å². The molecule has 5 nitrogen and oxygen atoms in total. The van der Waals surface area contributed by atoms with E-state index >= 15 is 0 Å². The van der Waals surface area contributed by atoms with Crippen molar-refractivity contribution in [3.05, 3.63) is 0 Å². The molecule has 0 aromatic carbocycles. The van der Waals surface area contributed by atoms with E-state index in [-0.39, 0.29) is 0 Å². The van der Waals surface area contributed by atoms with Crippen LogP contribution in [-0.4, -0.2) is 57.9 Å². The zero-order chi connectivity index (χ0) is 12.7. The van der Waals surface area contributed by atoms with Crippen molar-refractivity contribution in [1.82, 2.24) is 9.62 Å². The molecule has 0 amide bonds. The van der Waals surface area contributed by atoms with Gasteiger partial charge in [0.2, 0.25) is 10.0 Å². The Morgan fingerprint density at radius 3 is 2.47 bits per heavy atom. The van der Waals surface area contributed by atoms with E-state index in [1.807, 2.05) is 0 Å². The summed E-state index contributed by atoms with van der Waals surface area (Å²) in [5, 5.41) is 3.41. The first-order valence-electron chi connectivity index (χ1n) is 6.30. The third kappa shape index (κ3) is 5.81. The Morgan fingerprint density at radius 2 is 1.94 bits per heavy atom. The highest BCUT2D eigenvalue weighted by Gasteiger charge is 2.24. The fraction of sp³-hybridized carbons (Fsp3) is 1.00. The van der Waals surface area contributed by atoms with Gasteiger partial charge in [0.15, 0.2) is 0 Å². The lowest BCUT2D eigenvalue weighted by Crippen LogP contribution is -2.45. The van der Waals surface area contributed by atoms with E-state index in [1.165, 1.54) is 6.26 Å². The highest BCUT2D eigenvalue weighted by atomic mass is 32.2. The molecule has 0 unspecified atom stereocenters. The van der Waals surface area contributed by atoms with Crippen LogP contribution in [0.15, 0.2) is 0 Å². The van der Waals surface area contributed by atoms with E-state index in [1.54, 1.807) is 4.31 Å². The number of sulfonamides is 1. The predicted octanol–water partition coefficient (Wildman–Crippen LogP) is 0.427. The molecule has 6 heteroatoms. The lowest BCUT2D eigenvalue weighted by atomic mass is 10.1. The predicted molar refractivity (Wildman–Crippen MR) is 68.6 cm³/mol. The van der Waals surface area contributed by atoms with Crippen molar-refractivity contribution >= 4 is 10.0 Å². The average molecular weight is 264 g/mol. The topological polar surface area (TPSA) is 58.6 Å². The summed E-state index contributed by atoms with van der Waals surface area (Å²) in [6.45, 7) is 5.75. The average Bonchev–Trinajstić information content (AvgIpc) is 2.28. The van der Waals surface area contributed by atoms with Gasteiger partial charge in [-0.15, -0.1) is 0 Å². The van der Waals surface area contributed by atoms with E-state index in [0.717, 1.165) is 39.0 Å². The highest BCUT2D eigenvalue weighted by molar-refractivity contribution is 7.88. The standard InChI is InChI=1S/C11H24N2O3S/c1-3-9-16-10-6-12-11-4-7-13(8-5-11)17(2,14)15/h11-12H,3-10H2,1-2H3. The van der Waals surface area contributed by atoms with Crippen LogP contribution in [0.2, 0.25) is 0 Å². The van der Waals surface area contributed by atoms with E-state index in [0.29, 0.717) is 19.1 Å². The molecule has 1 aliphatic heterocycles. The van der Waals surface area contributed by atoms with Crippen LogP contribution in [0.1, 0.15) is 26.2 Å². The molecule has 0 saturated carbocycles. The summed E-state index contributed by atoms with van der Waals surface area (Å²) >= 11 is 0. The summed E-state index contributed by atoms with van der Waals surface area (Å²) < 4.78 is 29.6. The molecule has 17 heavy (non-hydrogen) atoms. The normalized spacial score (nSPS) is 19.6. The monoisotopic (exact) mass is 264 g/mol. The lowest BCUT2D eigenvalue weighted by Gasteiger charge is -2.30. The van der Waals surface area contributed by atoms with Gasteiger partial charge in [0.1, 0.15) is 0 Å². The molecule has 1 rings (SSSR count). The molecular formula is C11H24N2O3S. The smallest absolute Gasteiger partial charge is 0.211 e. The maximum atomic E-state index is 11.3. The van der Waals surface area contributed by atoms with E-state index in [4.69, 9.17) is 4.74 Å². The number of rotatable bonds is 7. The van der Waals surface area contributed by atoms with Gasteiger partial charge in [-0.1, -0.05) is 6.92 Å². The molecule has 1 heterocycles. The van der Waals surface area contributed by atoms with E-state index in [2.05, 4.69) is 12.2 Å². The summed E-state index contributed by atoms with van der Waals surface area (Å²) in [4.78, 5) is 0. The minimum Gasteiger partial charge on any atom is -0.380 e. The molecule has 0 aromatic rings.